The van der Waals surface area contributed by atoms with Crippen molar-refractivity contribution in [3.05, 3.63) is 12.7 Å². The maximum Gasteiger partial charge on any atom is 0.0254 e. The van der Waals surface area contributed by atoms with E-state index in [9.17, 15) is 0 Å². The SMILES string of the molecule is C=CCC1(N2CCCCC2)CC(C)(C)CC(C)(C)C1.Cl. The third-order valence-electron chi connectivity index (χ3n) is 5.12. The van der Waals surface area contributed by atoms with Gasteiger partial charge in [-0.2, -0.15) is 0 Å². The first-order valence-corrected chi connectivity index (χ1v) is 8.15. The van der Waals surface area contributed by atoms with Crippen molar-refractivity contribution in [2.24, 2.45) is 10.8 Å². The summed E-state index contributed by atoms with van der Waals surface area (Å²) in [5, 5.41) is 0. The lowest BCUT2D eigenvalue weighted by Gasteiger charge is -2.57. The minimum Gasteiger partial charge on any atom is -0.297 e. The Kier molecular flexibility index (Phi) is 5.77. The first-order chi connectivity index (χ1) is 8.79. The van der Waals surface area contributed by atoms with E-state index >= 15 is 0 Å². The van der Waals surface area contributed by atoms with Crippen molar-refractivity contribution in [1.82, 2.24) is 4.90 Å². The summed E-state index contributed by atoms with van der Waals surface area (Å²) in [6, 6.07) is 0. The van der Waals surface area contributed by atoms with Crippen molar-refractivity contribution in [3.8, 4) is 0 Å². The Labute approximate surface area is 132 Å². The highest BCUT2D eigenvalue weighted by atomic mass is 35.5. The fraction of sp³-hybridized carbons (Fsp3) is 0.889. The fourth-order valence-corrected chi connectivity index (χ4v) is 5.40. The fourth-order valence-electron chi connectivity index (χ4n) is 5.40. The van der Waals surface area contributed by atoms with Gasteiger partial charge in [0, 0.05) is 5.54 Å². The molecule has 1 nitrogen and oxygen atoms in total. The summed E-state index contributed by atoms with van der Waals surface area (Å²) in [6.45, 7) is 16.5. The molecule has 0 aromatic carbocycles. The molecule has 0 radical (unpaired) electrons. The smallest absolute Gasteiger partial charge is 0.0254 e. The summed E-state index contributed by atoms with van der Waals surface area (Å²) in [4.78, 5) is 2.82. The Hall–Kier alpha value is -0.0100. The monoisotopic (exact) mass is 299 g/mol. The molecule has 0 aromatic rings. The summed E-state index contributed by atoms with van der Waals surface area (Å²) < 4.78 is 0. The van der Waals surface area contributed by atoms with Gasteiger partial charge < -0.3 is 0 Å². The van der Waals surface area contributed by atoms with Gasteiger partial charge >= 0.3 is 0 Å². The zero-order valence-electron chi connectivity index (χ0n) is 14.0. The van der Waals surface area contributed by atoms with Gasteiger partial charge in [-0.05, 0) is 62.4 Å². The molecule has 1 saturated heterocycles. The number of hydrogen-bond donors (Lipinski definition) is 0. The van der Waals surface area contributed by atoms with Crippen LogP contribution in [0.1, 0.15) is 72.6 Å². The molecule has 0 bridgehead atoms. The molecule has 2 aliphatic rings. The number of nitrogens with zero attached hydrogens (tertiary/aromatic N) is 1. The van der Waals surface area contributed by atoms with Crippen LogP contribution in [0.3, 0.4) is 0 Å². The molecule has 0 spiro atoms. The van der Waals surface area contributed by atoms with Crippen molar-refractivity contribution >= 4 is 12.4 Å². The summed E-state index contributed by atoms with van der Waals surface area (Å²) in [5.41, 5.74) is 1.30. The Morgan fingerprint density at radius 1 is 0.900 bits per heavy atom. The van der Waals surface area contributed by atoms with E-state index in [0.717, 1.165) is 0 Å². The van der Waals surface area contributed by atoms with Crippen LogP contribution in [-0.4, -0.2) is 23.5 Å². The molecule has 2 heteroatoms. The highest BCUT2D eigenvalue weighted by molar-refractivity contribution is 5.85. The average Bonchev–Trinajstić information content (AvgIpc) is 2.26. The van der Waals surface area contributed by atoms with Crippen LogP contribution < -0.4 is 0 Å². The van der Waals surface area contributed by atoms with Gasteiger partial charge in [-0.1, -0.05) is 40.2 Å². The lowest BCUT2D eigenvalue weighted by molar-refractivity contribution is -0.0545. The molecule has 1 aliphatic heterocycles. The first-order valence-electron chi connectivity index (χ1n) is 8.15. The van der Waals surface area contributed by atoms with Crippen molar-refractivity contribution in [2.75, 3.05) is 13.1 Å². The normalized spacial score (nSPS) is 28.4. The average molecular weight is 300 g/mol. The molecule has 118 valence electrons. The van der Waals surface area contributed by atoms with E-state index in [4.69, 9.17) is 0 Å². The Bertz CT molecular complexity index is 310. The van der Waals surface area contributed by atoms with Crippen molar-refractivity contribution < 1.29 is 0 Å². The molecule has 1 heterocycles. The number of piperidine rings is 1. The first kappa shape index (κ1) is 18.0. The second-order valence-electron chi connectivity index (χ2n) is 8.62. The molecule has 20 heavy (non-hydrogen) atoms. The molecule has 0 atom stereocenters. The summed E-state index contributed by atoms with van der Waals surface area (Å²) in [7, 11) is 0. The Morgan fingerprint density at radius 2 is 1.40 bits per heavy atom. The molecule has 2 rings (SSSR count). The van der Waals surface area contributed by atoms with Crippen LogP contribution in [0.4, 0.5) is 0 Å². The molecule has 0 unspecified atom stereocenters. The zero-order valence-corrected chi connectivity index (χ0v) is 14.8. The summed E-state index contributed by atoms with van der Waals surface area (Å²) in [6.07, 6.45) is 11.6. The van der Waals surface area contributed by atoms with Crippen LogP contribution in [0, 0.1) is 10.8 Å². The highest BCUT2D eigenvalue weighted by Gasteiger charge is 2.49. The number of rotatable bonds is 3. The number of halogens is 1. The van der Waals surface area contributed by atoms with Gasteiger partial charge in [-0.15, -0.1) is 19.0 Å². The summed E-state index contributed by atoms with van der Waals surface area (Å²) >= 11 is 0. The molecule has 0 N–H and O–H groups in total. The predicted octanol–water partition coefficient (Wildman–Crippen LogP) is 5.45. The lowest BCUT2D eigenvalue weighted by atomic mass is 9.57. The quantitative estimate of drug-likeness (QED) is 0.627. The van der Waals surface area contributed by atoms with E-state index in [1.54, 1.807) is 0 Å². The van der Waals surface area contributed by atoms with Gasteiger partial charge in [0.1, 0.15) is 0 Å². The van der Waals surface area contributed by atoms with Crippen LogP contribution in [0.15, 0.2) is 12.7 Å². The highest BCUT2D eigenvalue weighted by Crippen LogP contribution is 2.53. The predicted molar refractivity (Wildman–Crippen MR) is 91.6 cm³/mol. The third kappa shape index (κ3) is 4.01. The van der Waals surface area contributed by atoms with Crippen LogP contribution in [0.2, 0.25) is 0 Å². The zero-order chi connectivity index (χ0) is 14.1. The maximum atomic E-state index is 4.06. The van der Waals surface area contributed by atoms with E-state index in [1.807, 2.05) is 0 Å². The Morgan fingerprint density at radius 3 is 1.85 bits per heavy atom. The molecule has 0 amide bonds. The topological polar surface area (TPSA) is 3.24 Å². The van der Waals surface area contributed by atoms with Gasteiger partial charge in [0.25, 0.3) is 0 Å². The van der Waals surface area contributed by atoms with Crippen LogP contribution >= 0.6 is 12.4 Å². The Balaban J connectivity index is 0.00000200. The molecule has 1 aliphatic carbocycles. The third-order valence-corrected chi connectivity index (χ3v) is 5.12. The van der Waals surface area contributed by atoms with E-state index < -0.39 is 0 Å². The van der Waals surface area contributed by atoms with Crippen molar-refractivity contribution in [3.63, 3.8) is 0 Å². The van der Waals surface area contributed by atoms with Crippen molar-refractivity contribution in [1.29, 1.82) is 0 Å². The number of likely N-dealkylation sites (tertiary alicyclic amines) is 1. The van der Waals surface area contributed by atoms with Gasteiger partial charge in [0.15, 0.2) is 0 Å². The van der Waals surface area contributed by atoms with Gasteiger partial charge in [-0.25, -0.2) is 0 Å². The van der Waals surface area contributed by atoms with Crippen LogP contribution in [0.5, 0.6) is 0 Å². The molecule has 0 aromatic heterocycles. The standard InChI is InChI=1S/C18H33N.ClH/c1-6-10-18(19-11-8-7-9-12-19)14-16(2,3)13-17(4,5)15-18;/h6H,1,7-15H2,2-5H3;1H. The summed E-state index contributed by atoms with van der Waals surface area (Å²) in [5.74, 6) is 0. The van der Waals surface area contributed by atoms with Crippen molar-refractivity contribution in [2.45, 2.75) is 78.2 Å². The van der Waals surface area contributed by atoms with Crippen LogP contribution in [0.25, 0.3) is 0 Å². The van der Waals surface area contributed by atoms with E-state index in [1.165, 1.54) is 58.0 Å². The molecular weight excluding hydrogens is 266 g/mol. The minimum atomic E-state index is 0. The van der Waals surface area contributed by atoms with E-state index in [2.05, 4.69) is 45.2 Å². The van der Waals surface area contributed by atoms with E-state index in [0.29, 0.717) is 16.4 Å². The largest absolute Gasteiger partial charge is 0.297 e. The minimum absolute atomic E-state index is 0. The lowest BCUT2D eigenvalue weighted by Crippen LogP contribution is -2.58. The van der Waals surface area contributed by atoms with Crippen LogP contribution in [-0.2, 0) is 0 Å². The molecule has 2 fully saturated rings. The maximum absolute atomic E-state index is 4.06. The second kappa shape index (κ2) is 6.40. The second-order valence-corrected chi connectivity index (χ2v) is 8.62. The molecular formula is C18H34ClN. The number of hydrogen-bond acceptors (Lipinski definition) is 1. The van der Waals surface area contributed by atoms with Gasteiger partial charge in [0.2, 0.25) is 0 Å². The molecule has 1 saturated carbocycles. The van der Waals surface area contributed by atoms with E-state index in [-0.39, 0.29) is 12.4 Å². The van der Waals surface area contributed by atoms with Gasteiger partial charge in [0.05, 0.1) is 0 Å². The van der Waals surface area contributed by atoms with Gasteiger partial charge in [-0.3, -0.25) is 4.90 Å².